The summed E-state index contributed by atoms with van der Waals surface area (Å²) in [5.74, 6) is -0.642. The Labute approximate surface area is 206 Å². The van der Waals surface area contributed by atoms with E-state index >= 15 is 0 Å². The lowest BCUT2D eigenvalue weighted by molar-refractivity contribution is -0.0503. The van der Waals surface area contributed by atoms with Gasteiger partial charge < -0.3 is 24.4 Å². The number of nitrogens with zero attached hydrogens (tertiary/aromatic N) is 3. The zero-order valence-corrected chi connectivity index (χ0v) is 19.7. The molecule has 2 heterocycles. The summed E-state index contributed by atoms with van der Waals surface area (Å²) in [5.41, 5.74) is 1.96. The molecule has 0 saturated carbocycles. The minimum atomic E-state index is -3.04. The highest BCUT2D eigenvalue weighted by Crippen LogP contribution is 2.22. The van der Waals surface area contributed by atoms with Crippen molar-refractivity contribution in [3.8, 4) is 5.75 Å². The lowest BCUT2D eigenvalue weighted by Crippen LogP contribution is -2.52. The summed E-state index contributed by atoms with van der Waals surface area (Å²) in [6.07, 6.45) is 1.66. The minimum Gasteiger partial charge on any atom is -0.434 e. The van der Waals surface area contributed by atoms with Crippen molar-refractivity contribution in [2.24, 2.45) is 0 Å². The predicted octanol–water partition coefficient (Wildman–Crippen LogP) is 3.80. The van der Waals surface area contributed by atoms with E-state index in [4.69, 9.17) is 0 Å². The van der Waals surface area contributed by atoms with Crippen LogP contribution < -0.4 is 15.6 Å². The van der Waals surface area contributed by atoms with Crippen LogP contribution in [-0.2, 0) is 6.54 Å². The van der Waals surface area contributed by atoms with E-state index in [9.17, 15) is 23.2 Å². The maximum absolute atomic E-state index is 12.9. The first-order valence-corrected chi connectivity index (χ1v) is 11.5. The molecule has 0 unspecified atom stereocenters. The van der Waals surface area contributed by atoms with Gasteiger partial charge in [0, 0.05) is 32.4 Å². The van der Waals surface area contributed by atoms with Gasteiger partial charge in [-0.2, -0.15) is 8.78 Å². The summed E-state index contributed by atoms with van der Waals surface area (Å²) in [6, 6.07) is 16.5. The second-order valence-electron chi connectivity index (χ2n) is 8.42. The number of benzene rings is 2. The van der Waals surface area contributed by atoms with Gasteiger partial charge in [-0.05, 0) is 36.8 Å². The highest BCUT2D eigenvalue weighted by molar-refractivity contribution is 5.97. The van der Waals surface area contributed by atoms with E-state index in [1.165, 1.54) is 32.6 Å². The predicted molar refractivity (Wildman–Crippen MR) is 131 cm³/mol. The molecule has 36 heavy (non-hydrogen) atoms. The first-order chi connectivity index (χ1) is 17.3. The van der Waals surface area contributed by atoms with E-state index in [2.05, 4.69) is 10.1 Å². The monoisotopic (exact) mass is 496 g/mol. The van der Waals surface area contributed by atoms with Crippen LogP contribution in [0.25, 0.3) is 0 Å². The number of rotatable bonds is 6. The SMILES string of the molecule is Cc1ccc(Cn2cccc(NC(=O)N3CCN(C(=O)c4ccccc4OC(F)F)CC3)c2=O)cc1. The lowest BCUT2D eigenvalue weighted by Gasteiger charge is -2.34. The highest BCUT2D eigenvalue weighted by Gasteiger charge is 2.27. The van der Waals surface area contributed by atoms with Gasteiger partial charge in [0.15, 0.2) is 0 Å². The molecule has 1 N–H and O–H groups in total. The summed E-state index contributed by atoms with van der Waals surface area (Å²) in [4.78, 5) is 41.5. The summed E-state index contributed by atoms with van der Waals surface area (Å²) in [6.45, 7) is 0.186. The average Bonchev–Trinajstić information content (AvgIpc) is 2.87. The number of hydrogen-bond acceptors (Lipinski definition) is 4. The fourth-order valence-corrected chi connectivity index (χ4v) is 3.97. The van der Waals surface area contributed by atoms with Crippen LogP contribution in [-0.4, -0.2) is 59.1 Å². The number of piperazine rings is 1. The van der Waals surface area contributed by atoms with Crippen molar-refractivity contribution in [3.05, 3.63) is 93.9 Å². The van der Waals surface area contributed by atoms with E-state index in [1.54, 1.807) is 24.4 Å². The fourth-order valence-electron chi connectivity index (χ4n) is 3.97. The minimum absolute atomic E-state index is 0.0362. The Kier molecular flexibility index (Phi) is 7.62. The zero-order chi connectivity index (χ0) is 25.7. The van der Waals surface area contributed by atoms with Crippen molar-refractivity contribution in [3.63, 3.8) is 0 Å². The van der Waals surface area contributed by atoms with Gasteiger partial charge in [0.2, 0.25) is 0 Å². The van der Waals surface area contributed by atoms with E-state index in [0.717, 1.165) is 11.1 Å². The number of hydrogen-bond donors (Lipinski definition) is 1. The summed E-state index contributed by atoms with van der Waals surface area (Å²) < 4.78 is 31.3. The summed E-state index contributed by atoms with van der Waals surface area (Å²) in [7, 11) is 0. The number of ether oxygens (including phenoxy) is 1. The molecule has 1 aliphatic rings. The number of amides is 3. The molecule has 4 rings (SSSR count). The van der Waals surface area contributed by atoms with Crippen LogP contribution in [0.4, 0.5) is 19.3 Å². The summed E-state index contributed by atoms with van der Waals surface area (Å²) in [5, 5.41) is 2.67. The van der Waals surface area contributed by atoms with Crippen molar-refractivity contribution in [2.45, 2.75) is 20.1 Å². The molecule has 8 nitrogen and oxygen atoms in total. The molecule has 1 saturated heterocycles. The second-order valence-corrected chi connectivity index (χ2v) is 8.42. The number of anilines is 1. The first-order valence-electron chi connectivity index (χ1n) is 11.5. The molecule has 188 valence electrons. The molecular weight excluding hydrogens is 470 g/mol. The number of urea groups is 1. The molecule has 3 aromatic rings. The standard InChI is InChI=1S/C26H26F2N4O4/c1-18-8-10-19(11-9-18)17-32-12-4-6-21(24(32)34)29-26(35)31-15-13-30(14-16-31)23(33)20-5-2-3-7-22(20)36-25(27)28/h2-12,25H,13-17H2,1H3,(H,29,35). The lowest BCUT2D eigenvalue weighted by atomic mass is 10.1. The van der Waals surface area contributed by atoms with Crippen molar-refractivity contribution in [1.82, 2.24) is 14.4 Å². The molecule has 3 amide bonds. The van der Waals surface area contributed by atoms with E-state index in [1.807, 2.05) is 31.2 Å². The van der Waals surface area contributed by atoms with Gasteiger partial charge >= 0.3 is 12.6 Å². The third-order valence-corrected chi connectivity index (χ3v) is 5.92. The van der Waals surface area contributed by atoms with Crippen LogP contribution >= 0.6 is 0 Å². The zero-order valence-electron chi connectivity index (χ0n) is 19.7. The molecule has 0 atom stereocenters. The van der Waals surface area contributed by atoms with Gasteiger partial charge in [-0.3, -0.25) is 9.59 Å². The van der Waals surface area contributed by atoms with Crippen LogP contribution in [0.3, 0.4) is 0 Å². The number of carbonyl (C=O) groups is 2. The van der Waals surface area contributed by atoms with Gasteiger partial charge in [0.1, 0.15) is 11.4 Å². The number of nitrogens with one attached hydrogen (secondary N) is 1. The number of pyridine rings is 1. The average molecular weight is 497 g/mol. The Morgan fingerprint density at radius 3 is 2.31 bits per heavy atom. The quantitative estimate of drug-likeness (QED) is 0.563. The van der Waals surface area contributed by atoms with Crippen LogP contribution in [0.1, 0.15) is 21.5 Å². The van der Waals surface area contributed by atoms with E-state index in [0.29, 0.717) is 6.54 Å². The topological polar surface area (TPSA) is 83.9 Å². The van der Waals surface area contributed by atoms with Crippen LogP contribution in [0.5, 0.6) is 5.75 Å². The third-order valence-electron chi connectivity index (χ3n) is 5.92. The van der Waals surface area contributed by atoms with Crippen LogP contribution in [0, 0.1) is 6.92 Å². The van der Waals surface area contributed by atoms with Gasteiger partial charge in [-0.1, -0.05) is 42.0 Å². The highest BCUT2D eigenvalue weighted by atomic mass is 19.3. The number of halogens is 2. The number of para-hydroxylation sites is 1. The number of carbonyl (C=O) groups excluding carboxylic acids is 2. The fraction of sp³-hybridized carbons (Fsp3) is 0.269. The molecule has 2 aromatic carbocycles. The normalized spacial score (nSPS) is 13.6. The molecule has 0 spiro atoms. The Balaban J connectivity index is 1.37. The number of alkyl halides is 2. The van der Waals surface area contributed by atoms with Gasteiger partial charge in [-0.15, -0.1) is 0 Å². The van der Waals surface area contributed by atoms with Crippen molar-refractivity contribution in [2.75, 3.05) is 31.5 Å². The molecule has 0 bridgehead atoms. The molecule has 0 radical (unpaired) electrons. The van der Waals surface area contributed by atoms with Gasteiger partial charge in [-0.25, -0.2) is 4.79 Å². The third kappa shape index (κ3) is 5.88. The van der Waals surface area contributed by atoms with E-state index < -0.39 is 18.5 Å². The van der Waals surface area contributed by atoms with Crippen molar-refractivity contribution < 1.29 is 23.1 Å². The second kappa shape index (κ2) is 11.0. The Morgan fingerprint density at radius 2 is 1.61 bits per heavy atom. The molecule has 10 heteroatoms. The number of aryl methyl sites for hydroxylation is 1. The van der Waals surface area contributed by atoms with Gasteiger partial charge in [0.05, 0.1) is 12.1 Å². The summed E-state index contributed by atoms with van der Waals surface area (Å²) >= 11 is 0. The first kappa shape index (κ1) is 24.9. The van der Waals surface area contributed by atoms with Crippen molar-refractivity contribution in [1.29, 1.82) is 0 Å². The maximum atomic E-state index is 12.9. The molecule has 0 aliphatic carbocycles. The smallest absolute Gasteiger partial charge is 0.387 e. The Bertz CT molecular complexity index is 1290. The van der Waals surface area contributed by atoms with Crippen LogP contribution in [0.15, 0.2) is 71.7 Å². The largest absolute Gasteiger partial charge is 0.434 e. The van der Waals surface area contributed by atoms with Crippen LogP contribution in [0.2, 0.25) is 0 Å². The van der Waals surface area contributed by atoms with Gasteiger partial charge in [0.25, 0.3) is 11.5 Å². The Hall–Kier alpha value is -4.21. The van der Waals surface area contributed by atoms with Crippen molar-refractivity contribution >= 4 is 17.6 Å². The molecule has 1 aliphatic heterocycles. The van der Waals surface area contributed by atoms with E-state index in [-0.39, 0.29) is 48.7 Å². The Morgan fingerprint density at radius 1 is 0.944 bits per heavy atom. The maximum Gasteiger partial charge on any atom is 0.387 e. The number of aromatic nitrogens is 1. The molecule has 1 aromatic heterocycles. The molecule has 1 fully saturated rings. The molecular formula is C26H26F2N4O4.